The SMILES string of the molecule is CCNc1cc(-c2ccccc2)nc2ncnn12. The minimum atomic E-state index is 0.604. The second-order valence-electron chi connectivity index (χ2n) is 3.89. The smallest absolute Gasteiger partial charge is 0.254 e. The molecule has 90 valence electrons. The molecule has 0 radical (unpaired) electrons. The van der Waals surface area contributed by atoms with Gasteiger partial charge in [0.25, 0.3) is 5.78 Å². The van der Waals surface area contributed by atoms with E-state index in [9.17, 15) is 0 Å². The van der Waals surface area contributed by atoms with Crippen molar-refractivity contribution in [2.24, 2.45) is 0 Å². The van der Waals surface area contributed by atoms with Crippen LogP contribution in [0.4, 0.5) is 5.82 Å². The van der Waals surface area contributed by atoms with Crippen LogP contribution in [0.1, 0.15) is 6.92 Å². The van der Waals surface area contributed by atoms with Gasteiger partial charge in [-0.2, -0.15) is 14.6 Å². The zero-order valence-electron chi connectivity index (χ0n) is 10.0. The molecule has 0 aliphatic rings. The number of fused-ring (bicyclic) bond motifs is 1. The summed E-state index contributed by atoms with van der Waals surface area (Å²) in [5.74, 6) is 1.51. The van der Waals surface area contributed by atoms with Gasteiger partial charge in [-0.15, -0.1) is 0 Å². The van der Waals surface area contributed by atoms with Crippen LogP contribution in [-0.4, -0.2) is 26.1 Å². The van der Waals surface area contributed by atoms with Crippen molar-refractivity contribution in [1.82, 2.24) is 19.6 Å². The van der Waals surface area contributed by atoms with Crippen molar-refractivity contribution >= 4 is 11.6 Å². The van der Waals surface area contributed by atoms with Gasteiger partial charge >= 0.3 is 0 Å². The summed E-state index contributed by atoms with van der Waals surface area (Å²) >= 11 is 0. The highest BCUT2D eigenvalue weighted by molar-refractivity contribution is 5.65. The molecule has 3 rings (SSSR count). The van der Waals surface area contributed by atoms with E-state index < -0.39 is 0 Å². The van der Waals surface area contributed by atoms with E-state index in [-0.39, 0.29) is 0 Å². The monoisotopic (exact) mass is 239 g/mol. The third kappa shape index (κ3) is 1.79. The van der Waals surface area contributed by atoms with Gasteiger partial charge in [0.2, 0.25) is 0 Å². The van der Waals surface area contributed by atoms with Crippen LogP contribution in [0.5, 0.6) is 0 Å². The third-order valence-corrected chi connectivity index (χ3v) is 2.68. The van der Waals surface area contributed by atoms with Gasteiger partial charge in [0.1, 0.15) is 12.1 Å². The minimum absolute atomic E-state index is 0.604. The van der Waals surface area contributed by atoms with Crippen LogP contribution in [0.25, 0.3) is 17.0 Å². The molecule has 0 saturated carbocycles. The van der Waals surface area contributed by atoms with Crippen LogP contribution in [0, 0.1) is 0 Å². The molecule has 5 heteroatoms. The van der Waals surface area contributed by atoms with Crippen LogP contribution in [0.2, 0.25) is 0 Å². The predicted molar refractivity (Wildman–Crippen MR) is 70.4 cm³/mol. The lowest BCUT2D eigenvalue weighted by molar-refractivity contribution is 0.933. The maximum atomic E-state index is 4.50. The molecule has 2 heterocycles. The summed E-state index contributed by atoms with van der Waals surface area (Å²) in [6.07, 6.45) is 1.51. The van der Waals surface area contributed by atoms with Gasteiger partial charge in [-0.3, -0.25) is 0 Å². The first-order chi connectivity index (χ1) is 8.88. The summed E-state index contributed by atoms with van der Waals surface area (Å²) in [6.45, 7) is 2.87. The highest BCUT2D eigenvalue weighted by Crippen LogP contribution is 2.20. The Hall–Kier alpha value is -2.43. The van der Waals surface area contributed by atoms with E-state index >= 15 is 0 Å². The summed E-state index contributed by atoms with van der Waals surface area (Å²) < 4.78 is 1.70. The van der Waals surface area contributed by atoms with Crippen molar-refractivity contribution in [3.8, 4) is 11.3 Å². The molecule has 2 aromatic heterocycles. The first-order valence-electron chi connectivity index (χ1n) is 5.88. The molecule has 0 bridgehead atoms. The first kappa shape index (κ1) is 10.7. The Labute approximate surface area is 105 Å². The fraction of sp³-hybridized carbons (Fsp3) is 0.154. The Balaban J connectivity index is 2.19. The zero-order valence-corrected chi connectivity index (χ0v) is 10.0. The largest absolute Gasteiger partial charge is 0.370 e. The molecule has 0 atom stereocenters. The van der Waals surface area contributed by atoms with Crippen molar-refractivity contribution < 1.29 is 0 Å². The number of anilines is 1. The molecule has 3 aromatic rings. The summed E-state index contributed by atoms with van der Waals surface area (Å²) in [5.41, 5.74) is 1.97. The Morgan fingerprint density at radius 2 is 2.06 bits per heavy atom. The van der Waals surface area contributed by atoms with Crippen LogP contribution >= 0.6 is 0 Å². The van der Waals surface area contributed by atoms with E-state index in [0.717, 1.165) is 23.6 Å². The number of hydrogen-bond acceptors (Lipinski definition) is 4. The van der Waals surface area contributed by atoms with Crippen molar-refractivity contribution in [2.75, 3.05) is 11.9 Å². The highest BCUT2D eigenvalue weighted by atomic mass is 15.3. The summed E-state index contributed by atoms with van der Waals surface area (Å²) in [4.78, 5) is 8.65. The average Bonchev–Trinajstić information content (AvgIpc) is 2.88. The molecule has 0 spiro atoms. The fourth-order valence-electron chi connectivity index (χ4n) is 1.88. The Bertz CT molecular complexity index is 659. The quantitative estimate of drug-likeness (QED) is 0.761. The number of nitrogens with one attached hydrogen (secondary N) is 1. The molecular weight excluding hydrogens is 226 g/mol. The second kappa shape index (κ2) is 4.44. The molecule has 5 nitrogen and oxygen atoms in total. The summed E-state index contributed by atoms with van der Waals surface area (Å²) in [7, 11) is 0. The van der Waals surface area contributed by atoms with Crippen molar-refractivity contribution in [3.63, 3.8) is 0 Å². The molecule has 0 unspecified atom stereocenters. The molecule has 18 heavy (non-hydrogen) atoms. The summed E-state index contributed by atoms with van der Waals surface area (Å²) in [5, 5.41) is 7.42. The summed E-state index contributed by atoms with van der Waals surface area (Å²) in [6, 6.07) is 12.0. The lowest BCUT2D eigenvalue weighted by Gasteiger charge is -2.08. The first-order valence-corrected chi connectivity index (χ1v) is 5.88. The maximum absolute atomic E-state index is 4.50. The second-order valence-corrected chi connectivity index (χ2v) is 3.89. The molecule has 0 aliphatic carbocycles. The van der Waals surface area contributed by atoms with Crippen molar-refractivity contribution in [3.05, 3.63) is 42.7 Å². The molecule has 1 aromatic carbocycles. The number of rotatable bonds is 3. The standard InChI is InChI=1S/C13H13N5/c1-2-14-12-8-11(10-6-4-3-5-7-10)17-13-15-9-16-18(12)13/h3-9,14H,2H2,1H3. The molecule has 0 amide bonds. The van der Waals surface area contributed by atoms with Crippen LogP contribution in [0.3, 0.4) is 0 Å². The Morgan fingerprint density at radius 3 is 2.83 bits per heavy atom. The number of hydrogen-bond donors (Lipinski definition) is 1. The van der Waals surface area contributed by atoms with E-state index in [1.165, 1.54) is 6.33 Å². The topological polar surface area (TPSA) is 55.1 Å². The van der Waals surface area contributed by atoms with Gasteiger partial charge in [-0.05, 0) is 6.92 Å². The minimum Gasteiger partial charge on any atom is -0.370 e. The van der Waals surface area contributed by atoms with Gasteiger partial charge in [0.15, 0.2) is 0 Å². The van der Waals surface area contributed by atoms with Gasteiger partial charge in [-0.25, -0.2) is 4.98 Å². The fourth-order valence-corrected chi connectivity index (χ4v) is 1.88. The lowest BCUT2D eigenvalue weighted by Crippen LogP contribution is -2.05. The zero-order chi connectivity index (χ0) is 12.4. The number of benzene rings is 1. The van der Waals surface area contributed by atoms with Gasteiger partial charge in [0.05, 0.1) is 5.69 Å². The molecule has 0 fully saturated rings. The maximum Gasteiger partial charge on any atom is 0.254 e. The average molecular weight is 239 g/mol. The Morgan fingerprint density at radius 1 is 1.22 bits per heavy atom. The highest BCUT2D eigenvalue weighted by Gasteiger charge is 2.07. The van der Waals surface area contributed by atoms with Crippen LogP contribution < -0.4 is 5.32 Å². The van der Waals surface area contributed by atoms with Crippen molar-refractivity contribution in [1.29, 1.82) is 0 Å². The Kier molecular flexibility index (Phi) is 2.64. The molecule has 0 aliphatic heterocycles. The normalized spacial score (nSPS) is 10.7. The number of aromatic nitrogens is 4. The lowest BCUT2D eigenvalue weighted by atomic mass is 10.1. The van der Waals surface area contributed by atoms with E-state index in [0.29, 0.717) is 5.78 Å². The van der Waals surface area contributed by atoms with Gasteiger partial charge in [-0.1, -0.05) is 30.3 Å². The van der Waals surface area contributed by atoms with Gasteiger partial charge < -0.3 is 5.32 Å². The molecular formula is C13H13N5. The van der Waals surface area contributed by atoms with E-state index in [2.05, 4.69) is 20.4 Å². The van der Waals surface area contributed by atoms with Crippen LogP contribution in [-0.2, 0) is 0 Å². The van der Waals surface area contributed by atoms with Gasteiger partial charge in [0, 0.05) is 18.2 Å². The third-order valence-electron chi connectivity index (χ3n) is 2.68. The number of nitrogens with zero attached hydrogens (tertiary/aromatic N) is 4. The van der Waals surface area contributed by atoms with Crippen molar-refractivity contribution in [2.45, 2.75) is 6.92 Å². The molecule has 0 saturated heterocycles. The van der Waals surface area contributed by atoms with E-state index in [1.54, 1.807) is 4.52 Å². The van der Waals surface area contributed by atoms with Crippen LogP contribution in [0.15, 0.2) is 42.7 Å². The molecule has 1 N–H and O–H groups in total. The van der Waals surface area contributed by atoms with E-state index in [4.69, 9.17) is 0 Å². The van der Waals surface area contributed by atoms with E-state index in [1.807, 2.05) is 43.3 Å². The predicted octanol–water partition coefficient (Wildman–Crippen LogP) is 2.22.